The van der Waals surface area contributed by atoms with Gasteiger partial charge in [0.15, 0.2) is 0 Å². The maximum absolute atomic E-state index is 5.85. The van der Waals surface area contributed by atoms with Gasteiger partial charge < -0.3 is 10.5 Å². The Labute approximate surface area is 111 Å². The molecule has 1 heterocycles. The second kappa shape index (κ2) is 5.23. The van der Waals surface area contributed by atoms with Crippen molar-refractivity contribution in [3.63, 3.8) is 0 Å². The quantitative estimate of drug-likeness (QED) is 0.681. The molecule has 0 bridgehead atoms. The van der Waals surface area contributed by atoms with Gasteiger partial charge in [0.25, 0.3) is 0 Å². The summed E-state index contributed by atoms with van der Waals surface area (Å²) < 4.78 is 5.73. The van der Waals surface area contributed by atoms with Gasteiger partial charge in [-0.15, -0.1) is 0 Å². The van der Waals surface area contributed by atoms with Gasteiger partial charge in [-0.05, 0) is 37.1 Å². The largest absolute Gasteiger partial charge is 0.438 e. The van der Waals surface area contributed by atoms with Gasteiger partial charge in [0.05, 0.1) is 0 Å². The van der Waals surface area contributed by atoms with Crippen LogP contribution in [0.3, 0.4) is 0 Å². The smallest absolute Gasteiger partial charge is 0.227 e. The van der Waals surface area contributed by atoms with Crippen LogP contribution >= 0.6 is 11.6 Å². The topological polar surface area (TPSA) is 61.0 Å². The second-order valence-corrected chi connectivity index (χ2v) is 4.23. The number of aryl methyl sites for hydroxylation is 1. The van der Waals surface area contributed by atoms with Crippen LogP contribution in [0.25, 0.3) is 0 Å². The van der Waals surface area contributed by atoms with Crippen LogP contribution in [0, 0.1) is 6.92 Å². The van der Waals surface area contributed by atoms with Gasteiger partial charge in [-0.25, -0.2) is 4.98 Å². The Kier molecular flexibility index (Phi) is 3.67. The highest BCUT2D eigenvalue weighted by Gasteiger charge is 2.11. The number of aromatic nitrogens is 2. The maximum Gasteiger partial charge on any atom is 0.227 e. The molecule has 0 saturated carbocycles. The first-order chi connectivity index (χ1) is 8.60. The van der Waals surface area contributed by atoms with Crippen LogP contribution in [0.4, 0.5) is 5.69 Å². The zero-order chi connectivity index (χ0) is 13.1. The first-order valence-corrected chi connectivity index (χ1v) is 6.04. The van der Waals surface area contributed by atoms with Crippen LogP contribution < -0.4 is 10.5 Å². The zero-order valence-electron chi connectivity index (χ0n) is 10.3. The summed E-state index contributed by atoms with van der Waals surface area (Å²) in [5.74, 6) is 1.12. The second-order valence-electron chi connectivity index (χ2n) is 3.89. The van der Waals surface area contributed by atoms with Crippen molar-refractivity contribution in [3.05, 3.63) is 40.8 Å². The van der Waals surface area contributed by atoms with E-state index in [1.165, 1.54) is 0 Å². The fourth-order valence-electron chi connectivity index (χ4n) is 1.72. The SMILES string of the molecule is CCc1c(C)nc(Cl)nc1Oc1cccc(N)c1. The predicted octanol–water partition coefficient (Wildman–Crippen LogP) is 3.38. The minimum atomic E-state index is 0.184. The van der Waals surface area contributed by atoms with Crippen LogP contribution in [0.1, 0.15) is 18.2 Å². The maximum atomic E-state index is 5.85. The van der Waals surface area contributed by atoms with Crippen molar-refractivity contribution in [1.82, 2.24) is 9.97 Å². The van der Waals surface area contributed by atoms with Crippen LogP contribution in [-0.4, -0.2) is 9.97 Å². The van der Waals surface area contributed by atoms with E-state index in [4.69, 9.17) is 22.1 Å². The summed E-state index contributed by atoms with van der Waals surface area (Å²) in [5, 5.41) is 0.184. The molecule has 0 spiro atoms. The van der Waals surface area contributed by atoms with E-state index in [1.54, 1.807) is 12.1 Å². The van der Waals surface area contributed by atoms with Gasteiger partial charge in [-0.1, -0.05) is 13.0 Å². The molecule has 94 valence electrons. The molecule has 2 aromatic rings. The number of anilines is 1. The van der Waals surface area contributed by atoms with E-state index in [1.807, 2.05) is 26.0 Å². The molecule has 1 aromatic carbocycles. The van der Waals surface area contributed by atoms with Gasteiger partial charge in [0, 0.05) is 23.0 Å². The lowest BCUT2D eigenvalue weighted by Gasteiger charge is -2.11. The van der Waals surface area contributed by atoms with E-state index in [0.717, 1.165) is 17.7 Å². The van der Waals surface area contributed by atoms with Crippen LogP contribution in [-0.2, 0) is 6.42 Å². The monoisotopic (exact) mass is 263 g/mol. The molecule has 1 aromatic heterocycles. The first kappa shape index (κ1) is 12.6. The third kappa shape index (κ3) is 2.71. The minimum absolute atomic E-state index is 0.184. The summed E-state index contributed by atoms with van der Waals surface area (Å²) in [6, 6.07) is 7.18. The number of benzene rings is 1. The molecule has 4 nitrogen and oxygen atoms in total. The van der Waals surface area contributed by atoms with Gasteiger partial charge in [-0.2, -0.15) is 4.98 Å². The Morgan fingerprint density at radius 3 is 2.78 bits per heavy atom. The summed E-state index contributed by atoms with van der Waals surface area (Å²) in [6.45, 7) is 3.91. The molecule has 0 aliphatic carbocycles. The van der Waals surface area contributed by atoms with E-state index in [0.29, 0.717) is 17.3 Å². The van der Waals surface area contributed by atoms with Gasteiger partial charge in [0.1, 0.15) is 5.75 Å². The third-order valence-electron chi connectivity index (χ3n) is 2.57. The van der Waals surface area contributed by atoms with Crippen molar-refractivity contribution in [3.8, 4) is 11.6 Å². The fourth-order valence-corrected chi connectivity index (χ4v) is 1.92. The van der Waals surface area contributed by atoms with E-state index >= 15 is 0 Å². The molecule has 0 atom stereocenters. The third-order valence-corrected chi connectivity index (χ3v) is 2.74. The van der Waals surface area contributed by atoms with Gasteiger partial charge in [-0.3, -0.25) is 0 Å². The molecule has 0 saturated heterocycles. The number of ether oxygens (including phenoxy) is 1. The molecule has 0 aliphatic rings. The van der Waals surface area contributed by atoms with Crippen molar-refractivity contribution in [2.45, 2.75) is 20.3 Å². The lowest BCUT2D eigenvalue weighted by molar-refractivity contribution is 0.454. The Bertz CT molecular complexity index is 572. The molecule has 0 radical (unpaired) electrons. The summed E-state index contributed by atoms with van der Waals surface area (Å²) in [6.07, 6.45) is 0.778. The molecule has 0 aliphatic heterocycles. The Hall–Kier alpha value is -1.81. The highest BCUT2D eigenvalue weighted by molar-refractivity contribution is 6.28. The lowest BCUT2D eigenvalue weighted by atomic mass is 10.2. The predicted molar refractivity (Wildman–Crippen MR) is 72.1 cm³/mol. The number of nitrogen functional groups attached to an aromatic ring is 1. The Morgan fingerprint density at radius 1 is 1.33 bits per heavy atom. The number of rotatable bonds is 3. The standard InChI is InChI=1S/C13H14ClN3O/c1-3-11-8(2)16-13(14)17-12(11)18-10-6-4-5-9(15)7-10/h4-7H,3,15H2,1-2H3. The summed E-state index contributed by atoms with van der Waals surface area (Å²) in [7, 11) is 0. The van der Waals surface area contributed by atoms with Gasteiger partial charge in [0.2, 0.25) is 11.2 Å². The van der Waals surface area contributed by atoms with Crippen LogP contribution in [0.2, 0.25) is 5.28 Å². The minimum Gasteiger partial charge on any atom is -0.438 e. The van der Waals surface area contributed by atoms with E-state index in [2.05, 4.69) is 9.97 Å². The van der Waals surface area contributed by atoms with Crippen LogP contribution in [0.5, 0.6) is 11.6 Å². The van der Waals surface area contributed by atoms with Crippen molar-refractivity contribution >= 4 is 17.3 Å². The molecule has 5 heteroatoms. The molecular weight excluding hydrogens is 250 g/mol. The fraction of sp³-hybridized carbons (Fsp3) is 0.231. The average Bonchev–Trinajstić information content (AvgIpc) is 2.28. The molecule has 0 amide bonds. The number of nitrogens with two attached hydrogens (primary N) is 1. The molecule has 2 rings (SSSR count). The molecule has 0 fully saturated rings. The van der Waals surface area contributed by atoms with Crippen molar-refractivity contribution in [2.75, 3.05) is 5.73 Å². The molecule has 0 unspecified atom stereocenters. The van der Waals surface area contributed by atoms with Crippen LogP contribution in [0.15, 0.2) is 24.3 Å². The van der Waals surface area contributed by atoms with Gasteiger partial charge >= 0.3 is 0 Å². The first-order valence-electron chi connectivity index (χ1n) is 5.66. The highest BCUT2D eigenvalue weighted by atomic mass is 35.5. The number of nitrogens with zero attached hydrogens (tertiary/aromatic N) is 2. The highest BCUT2D eigenvalue weighted by Crippen LogP contribution is 2.27. The number of hydrogen-bond acceptors (Lipinski definition) is 4. The summed E-state index contributed by atoms with van der Waals surface area (Å²) in [4.78, 5) is 8.23. The zero-order valence-corrected chi connectivity index (χ0v) is 11.0. The average molecular weight is 264 g/mol. The van der Waals surface area contributed by atoms with E-state index in [-0.39, 0.29) is 5.28 Å². The molecule has 18 heavy (non-hydrogen) atoms. The Morgan fingerprint density at radius 2 is 2.11 bits per heavy atom. The summed E-state index contributed by atoms with van der Waals surface area (Å²) >= 11 is 5.85. The number of hydrogen-bond donors (Lipinski definition) is 1. The molecular formula is C13H14ClN3O. The Balaban J connectivity index is 2.39. The van der Waals surface area contributed by atoms with Crippen molar-refractivity contribution in [1.29, 1.82) is 0 Å². The normalized spacial score (nSPS) is 10.4. The van der Waals surface area contributed by atoms with Crippen molar-refractivity contribution < 1.29 is 4.74 Å². The lowest BCUT2D eigenvalue weighted by Crippen LogP contribution is -2.00. The number of halogens is 1. The van der Waals surface area contributed by atoms with E-state index in [9.17, 15) is 0 Å². The summed E-state index contributed by atoms with van der Waals surface area (Å²) in [5.41, 5.74) is 8.12. The van der Waals surface area contributed by atoms with Crippen molar-refractivity contribution in [2.24, 2.45) is 0 Å². The molecule has 2 N–H and O–H groups in total. The van der Waals surface area contributed by atoms with E-state index < -0.39 is 0 Å².